The molecule has 0 saturated carbocycles. The molecule has 5 rings (SSSR count). The number of carboxylic acid groups (broad SMARTS) is 2. The van der Waals surface area contributed by atoms with Gasteiger partial charge in [-0.1, -0.05) is 48.5 Å². The standard InChI is InChI=1S/C29H32B2N4O12/c36-22(32-19(29(42)43)9-12-24(38)39)10-11-23(37)35-13-20(33-27(40)25-15-5-1-3-7-17(15)30(44)46-25)21(14-35)34-28(41)26-16-6-2-4-8-18(16)31(45)47-26/h1-8,19-21,25-26,44-45H,9-14H2,(H,32,36)(H,33,40)(H,34,41)(H,38,39)(H,42,43)/t19-,20?,21?,25?,26?/m0/s1. The van der Waals surface area contributed by atoms with E-state index in [9.17, 15) is 43.9 Å². The van der Waals surface area contributed by atoms with E-state index in [1.807, 2.05) is 0 Å². The van der Waals surface area contributed by atoms with Gasteiger partial charge in [-0.15, -0.1) is 0 Å². The molecule has 0 aromatic heterocycles. The van der Waals surface area contributed by atoms with Crippen LogP contribution >= 0.6 is 0 Å². The van der Waals surface area contributed by atoms with Gasteiger partial charge in [0.05, 0.1) is 12.1 Å². The van der Waals surface area contributed by atoms with E-state index in [1.54, 1.807) is 48.5 Å². The van der Waals surface area contributed by atoms with Crippen LogP contribution in [0.5, 0.6) is 0 Å². The van der Waals surface area contributed by atoms with E-state index in [-0.39, 0.29) is 25.9 Å². The average molecular weight is 650 g/mol. The normalized spacial score (nSPS) is 21.9. The Morgan fingerprint density at radius 2 is 1.26 bits per heavy atom. The molecule has 18 heteroatoms. The molecule has 246 valence electrons. The first-order valence-electron chi connectivity index (χ1n) is 14.9. The molecule has 7 N–H and O–H groups in total. The minimum atomic E-state index is -1.44. The highest BCUT2D eigenvalue weighted by atomic mass is 16.5. The van der Waals surface area contributed by atoms with Gasteiger partial charge in [0.25, 0.3) is 11.8 Å². The molecule has 4 unspecified atom stereocenters. The number of aliphatic carboxylic acids is 2. The van der Waals surface area contributed by atoms with E-state index < -0.39 is 93.0 Å². The number of hydrogen-bond donors (Lipinski definition) is 7. The fraction of sp³-hybridized carbons (Fsp3) is 0.379. The molecule has 0 spiro atoms. The van der Waals surface area contributed by atoms with E-state index >= 15 is 0 Å². The van der Waals surface area contributed by atoms with E-state index in [2.05, 4.69) is 16.0 Å². The van der Waals surface area contributed by atoms with Gasteiger partial charge < -0.3 is 50.4 Å². The minimum Gasteiger partial charge on any atom is -0.481 e. The Hall–Kier alpha value is -4.77. The predicted octanol–water partition coefficient (Wildman–Crippen LogP) is -3.07. The molecule has 2 aromatic rings. The molecule has 1 saturated heterocycles. The van der Waals surface area contributed by atoms with Crippen LogP contribution in [0.1, 0.15) is 49.0 Å². The van der Waals surface area contributed by atoms with Crippen molar-refractivity contribution in [2.75, 3.05) is 13.1 Å². The Morgan fingerprint density at radius 1 is 0.766 bits per heavy atom. The minimum absolute atomic E-state index is 0.0742. The lowest BCUT2D eigenvalue weighted by Crippen LogP contribution is -2.52. The van der Waals surface area contributed by atoms with Gasteiger partial charge in [0.2, 0.25) is 11.8 Å². The first kappa shape index (κ1) is 33.6. The summed E-state index contributed by atoms with van der Waals surface area (Å²) in [6.45, 7) is -0.148. The summed E-state index contributed by atoms with van der Waals surface area (Å²) >= 11 is 0. The van der Waals surface area contributed by atoms with Crippen LogP contribution < -0.4 is 26.9 Å². The lowest BCUT2D eigenvalue weighted by atomic mass is 9.79. The fourth-order valence-electron chi connectivity index (χ4n) is 5.89. The lowest BCUT2D eigenvalue weighted by molar-refractivity contribution is -0.143. The van der Waals surface area contributed by atoms with Crippen molar-refractivity contribution in [3.05, 3.63) is 59.7 Å². The molecular weight excluding hydrogens is 618 g/mol. The zero-order valence-electron chi connectivity index (χ0n) is 24.9. The first-order chi connectivity index (χ1) is 22.4. The summed E-state index contributed by atoms with van der Waals surface area (Å²) in [6, 6.07) is 10.2. The topological polar surface area (TPSA) is 241 Å². The number of amides is 4. The molecular formula is C29H32B2N4O12. The van der Waals surface area contributed by atoms with Crippen LogP contribution in [-0.2, 0) is 38.1 Å². The zero-order chi connectivity index (χ0) is 33.8. The van der Waals surface area contributed by atoms with E-state index in [0.29, 0.717) is 22.1 Å². The number of benzene rings is 2. The number of carbonyl (C=O) groups excluding carboxylic acids is 4. The highest BCUT2D eigenvalue weighted by molar-refractivity contribution is 6.62. The van der Waals surface area contributed by atoms with Gasteiger partial charge in [0, 0.05) is 32.4 Å². The maximum absolute atomic E-state index is 13.4. The van der Waals surface area contributed by atoms with E-state index in [4.69, 9.17) is 14.4 Å². The predicted molar refractivity (Wildman–Crippen MR) is 162 cm³/mol. The third-order valence-corrected chi connectivity index (χ3v) is 8.27. The van der Waals surface area contributed by atoms with Crippen molar-refractivity contribution in [1.82, 2.24) is 20.9 Å². The van der Waals surface area contributed by atoms with Gasteiger partial charge in [-0.3, -0.25) is 24.0 Å². The first-order valence-corrected chi connectivity index (χ1v) is 14.9. The molecule has 0 bridgehead atoms. The van der Waals surface area contributed by atoms with Gasteiger partial charge in [0.1, 0.15) is 18.2 Å². The third-order valence-electron chi connectivity index (χ3n) is 8.27. The van der Waals surface area contributed by atoms with Crippen molar-refractivity contribution in [2.24, 2.45) is 0 Å². The second-order valence-electron chi connectivity index (χ2n) is 11.4. The van der Waals surface area contributed by atoms with Crippen molar-refractivity contribution < 1.29 is 58.3 Å². The van der Waals surface area contributed by atoms with Gasteiger partial charge in [-0.05, 0) is 28.5 Å². The van der Waals surface area contributed by atoms with Gasteiger partial charge in [0.15, 0.2) is 0 Å². The average Bonchev–Trinajstić information content (AvgIpc) is 3.71. The van der Waals surface area contributed by atoms with Gasteiger partial charge in [-0.2, -0.15) is 0 Å². The molecule has 3 aliphatic rings. The number of carboxylic acids is 2. The molecule has 16 nitrogen and oxygen atoms in total. The maximum Gasteiger partial charge on any atom is 0.492 e. The fourth-order valence-corrected chi connectivity index (χ4v) is 5.89. The van der Waals surface area contributed by atoms with Crippen LogP contribution in [0.25, 0.3) is 0 Å². The summed E-state index contributed by atoms with van der Waals surface area (Å²) in [7, 11) is -2.64. The van der Waals surface area contributed by atoms with Gasteiger partial charge in [-0.25, -0.2) is 4.79 Å². The SMILES string of the molecule is O=C(O)CC[C@H](NC(=O)CCC(=O)N1CC(NC(=O)C2OB(O)c3ccccc32)C(NC(=O)C2OB(O)c3ccccc32)C1)C(=O)O. The number of likely N-dealkylation sites (tertiary alicyclic amines) is 1. The summed E-state index contributed by atoms with van der Waals surface area (Å²) in [5, 5.41) is 46.5. The molecule has 2 aromatic carbocycles. The van der Waals surface area contributed by atoms with Crippen molar-refractivity contribution in [2.45, 2.75) is 56.0 Å². The summed E-state index contributed by atoms with van der Waals surface area (Å²) in [5.74, 6) is -5.17. The van der Waals surface area contributed by atoms with Crippen LogP contribution in [-0.4, -0.2) is 106 Å². The van der Waals surface area contributed by atoms with Crippen LogP contribution in [0.4, 0.5) is 0 Å². The molecule has 3 aliphatic heterocycles. The number of hydrogen-bond acceptors (Lipinski definition) is 10. The zero-order valence-corrected chi connectivity index (χ0v) is 24.9. The largest absolute Gasteiger partial charge is 0.492 e. The summed E-state index contributed by atoms with van der Waals surface area (Å²) in [4.78, 5) is 75.9. The van der Waals surface area contributed by atoms with Crippen LogP contribution in [0.15, 0.2) is 48.5 Å². The van der Waals surface area contributed by atoms with Crippen molar-refractivity contribution in [3.63, 3.8) is 0 Å². The van der Waals surface area contributed by atoms with Crippen molar-refractivity contribution in [1.29, 1.82) is 0 Å². The lowest BCUT2D eigenvalue weighted by Gasteiger charge is -2.24. The third kappa shape index (κ3) is 7.62. The highest BCUT2D eigenvalue weighted by Gasteiger charge is 2.44. The molecule has 3 heterocycles. The Labute approximate surface area is 268 Å². The second-order valence-corrected chi connectivity index (χ2v) is 11.4. The van der Waals surface area contributed by atoms with Gasteiger partial charge >= 0.3 is 26.2 Å². The number of nitrogens with zero attached hydrogens (tertiary/aromatic N) is 1. The summed E-state index contributed by atoms with van der Waals surface area (Å²) < 4.78 is 11.0. The Morgan fingerprint density at radius 3 is 1.72 bits per heavy atom. The Kier molecular flexibility index (Phi) is 10.2. The van der Waals surface area contributed by atoms with Crippen LogP contribution in [0.2, 0.25) is 0 Å². The van der Waals surface area contributed by atoms with E-state index in [1.165, 1.54) is 4.90 Å². The second kappa shape index (κ2) is 14.3. The molecule has 1 fully saturated rings. The number of fused-ring (bicyclic) bond motifs is 2. The van der Waals surface area contributed by atoms with Crippen molar-refractivity contribution >= 4 is 60.7 Å². The van der Waals surface area contributed by atoms with Crippen LogP contribution in [0.3, 0.4) is 0 Å². The van der Waals surface area contributed by atoms with E-state index in [0.717, 1.165) is 0 Å². The highest BCUT2D eigenvalue weighted by Crippen LogP contribution is 2.26. The molecule has 5 atom stereocenters. The number of rotatable bonds is 12. The molecule has 47 heavy (non-hydrogen) atoms. The summed E-state index contributed by atoms with van der Waals surface area (Å²) in [6.07, 6.45) is -3.86. The quantitative estimate of drug-likeness (QED) is 0.113. The molecule has 0 aliphatic carbocycles. The van der Waals surface area contributed by atoms with Crippen molar-refractivity contribution in [3.8, 4) is 0 Å². The summed E-state index contributed by atoms with van der Waals surface area (Å²) in [5.41, 5.74) is 1.79. The number of nitrogens with one attached hydrogen (secondary N) is 3. The smallest absolute Gasteiger partial charge is 0.481 e. The molecule has 4 amide bonds. The van der Waals surface area contributed by atoms with Crippen LogP contribution in [0, 0.1) is 0 Å². The monoisotopic (exact) mass is 650 g/mol. The maximum atomic E-state index is 13.4. The Bertz CT molecular complexity index is 1500. The molecule has 0 radical (unpaired) electrons. The number of carbonyl (C=O) groups is 6. The Balaban J connectivity index is 1.26.